The van der Waals surface area contributed by atoms with E-state index in [2.05, 4.69) is 22.2 Å². The van der Waals surface area contributed by atoms with E-state index in [1.165, 1.54) is 6.42 Å². The monoisotopic (exact) mass is 262 g/mol. The molecular formula is C14H22N4O. The second-order valence-electron chi connectivity index (χ2n) is 4.99. The Balaban J connectivity index is 2.01. The highest BCUT2D eigenvalue weighted by Gasteiger charge is 2.22. The van der Waals surface area contributed by atoms with Gasteiger partial charge in [0, 0.05) is 31.5 Å². The number of unbranched alkanes of at least 4 members (excludes halogenated alkanes) is 1. The van der Waals surface area contributed by atoms with Crippen molar-refractivity contribution in [2.75, 3.05) is 19.6 Å². The van der Waals surface area contributed by atoms with Crippen LogP contribution in [0.2, 0.25) is 0 Å². The molecular weight excluding hydrogens is 240 g/mol. The standard InChI is InChI=1S/C14H22N4O/c1-2-3-9-18(11-12-5-4-6-16-12)14(19)13-10-15-7-8-17-13/h7-8,10,12,16H,2-6,9,11H2,1H3. The molecule has 1 aromatic rings. The number of amides is 1. The summed E-state index contributed by atoms with van der Waals surface area (Å²) in [6, 6.07) is 0.428. The van der Waals surface area contributed by atoms with Crippen LogP contribution in [-0.2, 0) is 0 Å². The number of nitrogens with zero attached hydrogens (tertiary/aromatic N) is 3. The Morgan fingerprint density at radius 1 is 1.53 bits per heavy atom. The van der Waals surface area contributed by atoms with E-state index < -0.39 is 0 Å². The Kier molecular flexibility index (Phi) is 5.27. The predicted octanol–water partition coefficient (Wildman–Crippen LogP) is 1.47. The lowest BCUT2D eigenvalue weighted by molar-refractivity contribution is 0.0733. The molecule has 5 heteroatoms. The Morgan fingerprint density at radius 2 is 2.42 bits per heavy atom. The van der Waals surface area contributed by atoms with E-state index >= 15 is 0 Å². The predicted molar refractivity (Wildman–Crippen MR) is 73.9 cm³/mol. The summed E-state index contributed by atoms with van der Waals surface area (Å²) in [5.41, 5.74) is 0.441. The van der Waals surface area contributed by atoms with Crippen molar-refractivity contribution < 1.29 is 4.79 Å². The zero-order chi connectivity index (χ0) is 13.5. The molecule has 1 aliphatic rings. The highest BCUT2D eigenvalue weighted by atomic mass is 16.2. The molecule has 0 aromatic carbocycles. The summed E-state index contributed by atoms with van der Waals surface area (Å²) in [5, 5.41) is 3.44. The molecule has 0 radical (unpaired) electrons. The fourth-order valence-electron chi connectivity index (χ4n) is 2.37. The summed E-state index contributed by atoms with van der Waals surface area (Å²) in [6.45, 7) is 4.77. The summed E-state index contributed by atoms with van der Waals surface area (Å²) in [7, 11) is 0. The van der Waals surface area contributed by atoms with Crippen molar-refractivity contribution in [2.45, 2.75) is 38.6 Å². The average Bonchev–Trinajstić information content (AvgIpc) is 2.96. The molecule has 1 unspecified atom stereocenters. The van der Waals surface area contributed by atoms with Crippen LogP contribution in [-0.4, -0.2) is 46.5 Å². The topological polar surface area (TPSA) is 58.1 Å². The van der Waals surface area contributed by atoms with Crippen LogP contribution in [0.5, 0.6) is 0 Å². The van der Waals surface area contributed by atoms with Gasteiger partial charge in [0.15, 0.2) is 0 Å². The third kappa shape index (κ3) is 3.99. The largest absolute Gasteiger partial charge is 0.336 e. The fourth-order valence-corrected chi connectivity index (χ4v) is 2.37. The Labute approximate surface area is 114 Å². The maximum Gasteiger partial charge on any atom is 0.274 e. The van der Waals surface area contributed by atoms with Crippen LogP contribution in [0.1, 0.15) is 43.1 Å². The zero-order valence-corrected chi connectivity index (χ0v) is 11.5. The van der Waals surface area contributed by atoms with Crippen LogP contribution in [0.4, 0.5) is 0 Å². The van der Waals surface area contributed by atoms with Crippen LogP contribution in [0.25, 0.3) is 0 Å². The van der Waals surface area contributed by atoms with Gasteiger partial charge in [-0.3, -0.25) is 9.78 Å². The van der Waals surface area contributed by atoms with Gasteiger partial charge in [-0.15, -0.1) is 0 Å². The van der Waals surface area contributed by atoms with Gasteiger partial charge >= 0.3 is 0 Å². The van der Waals surface area contributed by atoms with Crippen molar-refractivity contribution in [2.24, 2.45) is 0 Å². The van der Waals surface area contributed by atoms with Gasteiger partial charge in [-0.05, 0) is 25.8 Å². The van der Waals surface area contributed by atoms with E-state index in [-0.39, 0.29) is 5.91 Å². The third-order valence-corrected chi connectivity index (χ3v) is 3.45. The van der Waals surface area contributed by atoms with Crippen LogP contribution in [0.3, 0.4) is 0 Å². The SMILES string of the molecule is CCCCN(CC1CCCN1)C(=O)c1cnccn1. The molecule has 19 heavy (non-hydrogen) atoms. The molecule has 2 rings (SSSR count). The smallest absolute Gasteiger partial charge is 0.274 e. The van der Waals surface area contributed by atoms with Crippen molar-refractivity contribution in [3.05, 3.63) is 24.3 Å². The highest BCUT2D eigenvalue weighted by Crippen LogP contribution is 2.10. The van der Waals surface area contributed by atoms with Crippen LogP contribution >= 0.6 is 0 Å². The molecule has 0 saturated carbocycles. The van der Waals surface area contributed by atoms with Crippen molar-refractivity contribution >= 4 is 5.91 Å². The number of carbonyl (C=O) groups excluding carboxylic acids is 1. The van der Waals surface area contributed by atoms with Gasteiger partial charge in [-0.1, -0.05) is 13.3 Å². The van der Waals surface area contributed by atoms with Crippen molar-refractivity contribution in [1.82, 2.24) is 20.2 Å². The van der Waals surface area contributed by atoms with Gasteiger partial charge in [0.2, 0.25) is 0 Å². The van der Waals surface area contributed by atoms with E-state index in [9.17, 15) is 4.79 Å². The van der Waals surface area contributed by atoms with Crippen LogP contribution in [0, 0.1) is 0 Å². The first-order valence-corrected chi connectivity index (χ1v) is 7.10. The van der Waals surface area contributed by atoms with Crippen molar-refractivity contribution in [1.29, 1.82) is 0 Å². The zero-order valence-electron chi connectivity index (χ0n) is 11.5. The van der Waals surface area contributed by atoms with Gasteiger partial charge in [0.25, 0.3) is 5.91 Å². The summed E-state index contributed by atoms with van der Waals surface area (Å²) < 4.78 is 0. The first-order valence-electron chi connectivity index (χ1n) is 7.10. The molecule has 0 bridgehead atoms. The molecule has 1 aliphatic heterocycles. The molecule has 0 aliphatic carbocycles. The minimum Gasteiger partial charge on any atom is -0.336 e. The second kappa shape index (κ2) is 7.19. The number of aromatic nitrogens is 2. The maximum absolute atomic E-state index is 12.4. The van der Waals surface area contributed by atoms with E-state index in [1.807, 2.05) is 4.90 Å². The molecule has 1 atom stereocenters. The van der Waals surface area contributed by atoms with Gasteiger partial charge in [-0.25, -0.2) is 4.98 Å². The summed E-state index contributed by atoms with van der Waals surface area (Å²) in [5.74, 6) is -0.00440. The molecule has 2 heterocycles. The first kappa shape index (κ1) is 13.9. The molecule has 5 nitrogen and oxygen atoms in total. The summed E-state index contributed by atoms with van der Waals surface area (Å²) in [4.78, 5) is 22.4. The molecule has 1 fully saturated rings. The lowest BCUT2D eigenvalue weighted by Gasteiger charge is -2.25. The maximum atomic E-state index is 12.4. The van der Waals surface area contributed by atoms with Crippen molar-refractivity contribution in [3.63, 3.8) is 0 Å². The first-order chi connectivity index (χ1) is 9.31. The summed E-state index contributed by atoms with van der Waals surface area (Å²) in [6.07, 6.45) is 9.16. The Hall–Kier alpha value is -1.49. The Bertz CT molecular complexity index is 390. The number of nitrogens with one attached hydrogen (secondary N) is 1. The molecule has 0 spiro atoms. The molecule has 1 amide bonds. The average molecular weight is 262 g/mol. The van der Waals surface area contributed by atoms with Gasteiger partial charge in [0.1, 0.15) is 5.69 Å². The normalized spacial score (nSPS) is 18.5. The molecule has 104 valence electrons. The minimum absolute atomic E-state index is 0.00440. The molecule has 1 saturated heterocycles. The lowest BCUT2D eigenvalue weighted by atomic mass is 10.2. The number of carbonyl (C=O) groups is 1. The quantitative estimate of drug-likeness (QED) is 0.843. The number of rotatable bonds is 6. The Morgan fingerprint density at radius 3 is 3.05 bits per heavy atom. The minimum atomic E-state index is -0.00440. The molecule has 1 N–H and O–H groups in total. The van der Waals surface area contributed by atoms with Crippen molar-refractivity contribution in [3.8, 4) is 0 Å². The number of hydrogen-bond donors (Lipinski definition) is 1. The van der Waals surface area contributed by atoms with E-state index in [1.54, 1.807) is 18.6 Å². The van der Waals surface area contributed by atoms with E-state index in [4.69, 9.17) is 0 Å². The van der Waals surface area contributed by atoms with Gasteiger partial charge < -0.3 is 10.2 Å². The van der Waals surface area contributed by atoms with E-state index in [0.29, 0.717) is 11.7 Å². The fraction of sp³-hybridized carbons (Fsp3) is 0.643. The van der Waals surface area contributed by atoms with Crippen LogP contribution < -0.4 is 5.32 Å². The van der Waals surface area contributed by atoms with Gasteiger partial charge in [0.05, 0.1) is 6.20 Å². The van der Waals surface area contributed by atoms with Crippen LogP contribution in [0.15, 0.2) is 18.6 Å². The third-order valence-electron chi connectivity index (χ3n) is 3.45. The summed E-state index contributed by atoms with van der Waals surface area (Å²) >= 11 is 0. The molecule has 1 aromatic heterocycles. The lowest BCUT2D eigenvalue weighted by Crippen LogP contribution is -2.42. The number of hydrogen-bond acceptors (Lipinski definition) is 4. The van der Waals surface area contributed by atoms with Gasteiger partial charge in [-0.2, -0.15) is 0 Å². The van der Waals surface area contributed by atoms with E-state index in [0.717, 1.165) is 38.9 Å². The highest BCUT2D eigenvalue weighted by molar-refractivity contribution is 5.91. The second-order valence-corrected chi connectivity index (χ2v) is 4.99.